The van der Waals surface area contributed by atoms with Gasteiger partial charge >= 0.3 is 5.69 Å². The van der Waals surface area contributed by atoms with Crippen molar-refractivity contribution in [3.05, 3.63) is 97.5 Å². The van der Waals surface area contributed by atoms with Gasteiger partial charge in [-0.1, -0.05) is 29.8 Å². The molecule has 132 valence electrons. The highest BCUT2D eigenvalue weighted by Crippen LogP contribution is 2.23. The number of hydrogen-bond donors (Lipinski definition) is 2. The highest BCUT2D eigenvalue weighted by Gasteiger charge is 2.20. The van der Waals surface area contributed by atoms with E-state index in [9.17, 15) is 14.4 Å². The van der Waals surface area contributed by atoms with Crippen LogP contribution in [0.3, 0.4) is 0 Å². The van der Waals surface area contributed by atoms with Crippen LogP contribution in [0.4, 0.5) is 0 Å². The van der Waals surface area contributed by atoms with E-state index in [1.807, 2.05) is 6.07 Å². The molecule has 26 heavy (non-hydrogen) atoms. The van der Waals surface area contributed by atoms with Crippen molar-refractivity contribution in [3.8, 4) is 0 Å². The minimum atomic E-state index is -0.744. The monoisotopic (exact) mass is 370 g/mol. The zero-order chi connectivity index (χ0) is 18.7. The number of aryl methyl sites for hydroxylation is 1. The van der Waals surface area contributed by atoms with Crippen LogP contribution in [0.5, 0.6) is 0 Å². The fourth-order valence-electron chi connectivity index (χ4n) is 2.50. The maximum atomic E-state index is 12.7. The summed E-state index contributed by atoms with van der Waals surface area (Å²) in [6.07, 6.45) is 4.46. The molecule has 2 heterocycles. The molecule has 8 heteroatoms. The molecule has 0 aliphatic rings. The van der Waals surface area contributed by atoms with Crippen LogP contribution in [0.1, 0.15) is 27.5 Å². The minimum Gasteiger partial charge on any atom is -0.341 e. The average molecular weight is 371 g/mol. The maximum absolute atomic E-state index is 12.7. The van der Waals surface area contributed by atoms with Crippen LogP contribution in [0.2, 0.25) is 5.02 Å². The Labute approximate surface area is 153 Å². The molecule has 0 aliphatic carbocycles. The van der Waals surface area contributed by atoms with Gasteiger partial charge in [0.2, 0.25) is 0 Å². The number of halogens is 1. The van der Waals surface area contributed by atoms with Gasteiger partial charge in [0, 0.05) is 30.7 Å². The number of aromatic nitrogens is 3. The molecule has 3 rings (SSSR count). The van der Waals surface area contributed by atoms with E-state index in [-0.39, 0.29) is 5.56 Å². The van der Waals surface area contributed by atoms with Gasteiger partial charge in [-0.05, 0) is 29.3 Å². The van der Waals surface area contributed by atoms with Gasteiger partial charge in [0.25, 0.3) is 11.5 Å². The van der Waals surface area contributed by atoms with Crippen molar-refractivity contribution in [1.29, 1.82) is 0 Å². The third kappa shape index (κ3) is 3.73. The summed E-state index contributed by atoms with van der Waals surface area (Å²) >= 11 is 5.94. The molecule has 0 saturated carbocycles. The van der Waals surface area contributed by atoms with Gasteiger partial charge in [-0.3, -0.25) is 19.6 Å². The lowest BCUT2D eigenvalue weighted by Crippen LogP contribution is -2.37. The summed E-state index contributed by atoms with van der Waals surface area (Å²) in [5.74, 6) is -0.606. The largest absolute Gasteiger partial charge is 0.341 e. The second kappa shape index (κ2) is 7.37. The lowest BCUT2D eigenvalue weighted by atomic mass is 10.00. The predicted molar refractivity (Wildman–Crippen MR) is 97.3 cm³/mol. The average Bonchev–Trinajstić information content (AvgIpc) is 2.64. The third-order valence-corrected chi connectivity index (χ3v) is 4.10. The molecule has 2 aromatic heterocycles. The first-order valence-electron chi connectivity index (χ1n) is 7.72. The van der Waals surface area contributed by atoms with E-state index in [1.165, 1.54) is 13.2 Å². The number of nitrogens with one attached hydrogen (secondary N) is 2. The number of hydrogen-bond acceptors (Lipinski definition) is 4. The van der Waals surface area contributed by atoms with E-state index in [1.54, 1.807) is 42.7 Å². The molecule has 1 aromatic carbocycles. The normalized spacial score (nSPS) is 11.8. The van der Waals surface area contributed by atoms with E-state index >= 15 is 0 Å². The van der Waals surface area contributed by atoms with Crippen molar-refractivity contribution in [3.63, 3.8) is 0 Å². The van der Waals surface area contributed by atoms with Crippen LogP contribution in [-0.2, 0) is 7.05 Å². The molecule has 7 nitrogen and oxygen atoms in total. The Balaban J connectivity index is 2.00. The molecule has 1 amide bonds. The second-order valence-corrected chi connectivity index (χ2v) is 6.09. The van der Waals surface area contributed by atoms with Crippen molar-refractivity contribution in [2.24, 2.45) is 7.05 Å². The number of amides is 1. The second-order valence-electron chi connectivity index (χ2n) is 5.66. The zero-order valence-electron chi connectivity index (χ0n) is 13.8. The Kier molecular flexibility index (Phi) is 4.99. The Morgan fingerprint density at radius 3 is 2.58 bits per heavy atom. The summed E-state index contributed by atoms with van der Waals surface area (Å²) in [5, 5.41) is 3.38. The summed E-state index contributed by atoms with van der Waals surface area (Å²) in [6, 6.07) is 10.0. The summed E-state index contributed by atoms with van der Waals surface area (Å²) in [5.41, 5.74) is 0.0241. The standard InChI is InChI=1S/C18H15ClN4O3/c1-23-10-14(17(25)22-18(23)26)16(24)21-15(12-3-2-8-20-9-12)11-4-6-13(19)7-5-11/h2-10,15H,1H3,(H,21,24)(H,22,25,26)/t15-/m0/s1. The number of H-pyrrole nitrogens is 1. The van der Waals surface area contributed by atoms with Crippen LogP contribution in [0.25, 0.3) is 0 Å². The molecule has 0 fully saturated rings. The van der Waals surface area contributed by atoms with Crippen LogP contribution in [0, 0.1) is 0 Å². The zero-order valence-corrected chi connectivity index (χ0v) is 14.5. The molecule has 0 radical (unpaired) electrons. The lowest BCUT2D eigenvalue weighted by Gasteiger charge is -2.19. The number of carbonyl (C=O) groups excluding carboxylic acids is 1. The summed E-state index contributed by atoms with van der Waals surface area (Å²) in [4.78, 5) is 42.3. The Hall–Kier alpha value is -3.19. The molecule has 1 atom stereocenters. The predicted octanol–water partition coefficient (Wildman–Crippen LogP) is 1.64. The maximum Gasteiger partial charge on any atom is 0.328 e. The van der Waals surface area contributed by atoms with Crippen molar-refractivity contribution in [2.75, 3.05) is 0 Å². The van der Waals surface area contributed by atoms with Gasteiger partial charge in [-0.15, -0.1) is 0 Å². The first-order valence-corrected chi connectivity index (χ1v) is 8.09. The number of rotatable bonds is 4. The van der Waals surface area contributed by atoms with E-state index in [4.69, 9.17) is 11.6 Å². The molecule has 3 aromatic rings. The molecular weight excluding hydrogens is 356 g/mol. The summed E-state index contributed by atoms with van der Waals surface area (Å²) < 4.78 is 1.14. The molecular formula is C18H15ClN4O3. The van der Waals surface area contributed by atoms with Gasteiger partial charge in [0.05, 0.1) is 6.04 Å². The van der Waals surface area contributed by atoms with Gasteiger partial charge in [0.1, 0.15) is 5.56 Å². The smallest absolute Gasteiger partial charge is 0.328 e. The van der Waals surface area contributed by atoms with Crippen LogP contribution >= 0.6 is 11.6 Å². The Morgan fingerprint density at radius 1 is 1.19 bits per heavy atom. The number of nitrogens with zero attached hydrogens (tertiary/aromatic N) is 2. The van der Waals surface area contributed by atoms with Crippen molar-refractivity contribution in [1.82, 2.24) is 19.9 Å². The summed E-state index contributed by atoms with van der Waals surface area (Å²) in [7, 11) is 1.45. The van der Waals surface area contributed by atoms with Crippen LogP contribution in [-0.4, -0.2) is 20.4 Å². The fraction of sp³-hybridized carbons (Fsp3) is 0.111. The van der Waals surface area contributed by atoms with Gasteiger partial charge in [-0.2, -0.15) is 0 Å². The van der Waals surface area contributed by atoms with E-state index in [0.29, 0.717) is 5.02 Å². The minimum absolute atomic E-state index is 0.157. The van der Waals surface area contributed by atoms with Gasteiger partial charge in [0.15, 0.2) is 0 Å². The number of carbonyl (C=O) groups is 1. The number of benzene rings is 1. The van der Waals surface area contributed by atoms with Crippen molar-refractivity contribution < 1.29 is 4.79 Å². The lowest BCUT2D eigenvalue weighted by molar-refractivity contribution is 0.0940. The molecule has 0 spiro atoms. The summed E-state index contributed by atoms with van der Waals surface area (Å²) in [6.45, 7) is 0. The molecule has 0 saturated heterocycles. The molecule has 0 unspecified atom stereocenters. The highest BCUT2D eigenvalue weighted by molar-refractivity contribution is 6.30. The topological polar surface area (TPSA) is 96.8 Å². The molecule has 2 N–H and O–H groups in total. The van der Waals surface area contributed by atoms with E-state index < -0.39 is 23.2 Å². The first-order chi connectivity index (χ1) is 12.5. The number of pyridine rings is 1. The van der Waals surface area contributed by atoms with E-state index in [2.05, 4.69) is 15.3 Å². The molecule has 0 bridgehead atoms. The first kappa shape index (κ1) is 17.6. The highest BCUT2D eigenvalue weighted by atomic mass is 35.5. The van der Waals surface area contributed by atoms with Gasteiger partial charge < -0.3 is 9.88 Å². The van der Waals surface area contributed by atoms with Crippen LogP contribution < -0.4 is 16.6 Å². The van der Waals surface area contributed by atoms with Crippen molar-refractivity contribution in [2.45, 2.75) is 6.04 Å². The van der Waals surface area contributed by atoms with Gasteiger partial charge in [-0.25, -0.2) is 4.79 Å². The molecule has 0 aliphatic heterocycles. The third-order valence-electron chi connectivity index (χ3n) is 3.85. The van der Waals surface area contributed by atoms with Crippen molar-refractivity contribution >= 4 is 17.5 Å². The Bertz CT molecular complexity index is 1040. The van der Waals surface area contributed by atoms with Crippen LogP contribution in [0.15, 0.2) is 64.6 Å². The van der Waals surface area contributed by atoms with E-state index in [0.717, 1.165) is 15.7 Å². The quantitative estimate of drug-likeness (QED) is 0.729. The fourth-order valence-corrected chi connectivity index (χ4v) is 2.62. The number of aromatic amines is 1. The SMILES string of the molecule is Cn1cc(C(=O)N[C@@H](c2ccc(Cl)cc2)c2cccnc2)c(=O)[nH]c1=O. The Morgan fingerprint density at radius 2 is 1.92 bits per heavy atom.